The van der Waals surface area contributed by atoms with Crippen LogP contribution in [-0.4, -0.2) is 56.5 Å². The monoisotopic (exact) mass is 367 g/mol. The minimum absolute atomic E-state index is 0.000443. The number of hydrogen-bond donors (Lipinski definition) is 1. The summed E-state index contributed by atoms with van der Waals surface area (Å²) in [7, 11) is 1.49. The Kier molecular flexibility index (Phi) is 6.96. The van der Waals surface area contributed by atoms with Gasteiger partial charge in [-0.3, -0.25) is 9.69 Å². The zero-order valence-corrected chi connectivity index (χ0v) is 15.5. The van der Waals surface area contributed by atoms with Crippen LogP contribution < -0.4 is 5.32 Å². The molecule has 0 saturated carbocycles. The normalized spacial score (nSPS) is 17.7. The average Bonchev–Trinajstić information content (AvgIpc) is 2.72. The second kappa shape index (κ2) is 9.85. The predicted molar refractivity (Wildman–Crippen MR) is 105 cm³/mol. The summed E-state index contributed by atoms with van der Waals surface area (Å²) in [6, 6.07) is 17.6. The maximum Gasteiger partial charge on any atom is 0.251 e. The van der Waals surface area contributed by atoms with Crippen LogP contribution in [0.4, 0.5) is 0 Å². The molecule has 2 aromatic rings. The smallest absolute Gasteiger partial charge is 0.251 e. The highest BCUT2D eigenvalue weighted by Crippen LogP contribution is 2.10. The van der Waals surface area contributed by atoms with Crippen molar-refractivity contribution >= 4 is 12.1 Å². The minimum atomic E-state index is -0.103. The predicted octanol–water partition coefficient (Wildman–Crippen LogP) is 2.30. The van der Waals surface area contributed by atoms with Gasteiger partial charge in [0.2, 0.25) is 0 Å². The van der Waals surface area contributed by atoms with Crippen LogP contribution in [0, 0.1) is 0 Å². The Morgan fingerprint density at radius 1 is 1.26 bits per heavy atom. The molecule has 1 saturated heterocycles. The third-order valence-electron chi connectivity index (χ3n) is 4.44. The standard InChI is InChI=1S/C21H25N3O3/c1-26-23-13-17-7-9-19(10-8-17)21(25)22-14-20-16-24(11-12-27-20)15-18-5-3-2-4-6-18/h2-10,13,20H,11-12,14-16H2,1H3,(H,22,25)/b23-13+. The van der Waals surface area contributed by atoms with Crippen LogP contribution in [0.15, 0.2) is 59.8 Å². The van der Waals surface area contributed by atoms with Crippen LogP contribution in [0.2, 0.25) is 0 Å². The number of oxime groups is 1. The van der Waals surface area contributed by atoms with Gasteiger partial charge in [0.1, 0.15) is 7.11 Å². The van der Waals surface area contributed by atoms with Gasteiger partial charge in [0.15, 0.2) is 0 Å². The van der Waals surface area contributed by atoms with Crippen molar-refractivity contribution in [1.82, 2.24) is 10.2 Å². The molecule has 6 nitrogen and oxygen atoms in total. The first-order chi connectivity index (χ1) is 13.2. The molecule has 1 aliphatic rings. The number of nitrogens with zero attached hydrogens (tertiary/aromatic N) is 2. The molecule has 1 aliphatic heterocycles. The van der Waals surface area contributed by atoms with Crippen LogP contribution >= 0.6 is 0 Å². The minimum Gasteiger partial charge on any atom is -0.399 e. The molecule has 1 amide bonds. The molecule has 0 aliphatic carbocycles. The van der Waals surface area contributed by atoms with Crippen molar-refractivity contribution < 1.29 is 14.4 Å². The molecule has 1 unspecified atom stereocenters. The van der Waals surface area contributed by atoms with Crippen molar-refractivity contribution in [2.75, 3.05) is 33.4 Å². The second-order valence-electron chi connectivity index (χ2n) is 6.46. The molecule has 1 N–H and O–H groups in total. The quantitative estimate of drug-likeness (QED) is 0.602. The van der Waals surface area contributed by atoms with E-state index in [9.17, 15) is 4.79 Å². The van der Waals surface area contributed by atoms with Gasteiger partial charge >= 0.3 is 0 Å². The lowest BCUT2D eigenvalue weighted by atomic mass is 10.1. The van der Waals surface area contributed by atoms with Crippen molar-refractivity contribution in [2.24, 2.45) is 5.16 Å². The third kappa shape index (κ3) is 5.91. The molecule has 6 heteroatoms. The summed E-state index contributed by atoms with van der Waals surface area (Å²) in [5.41, 5.74) is 2.78. The molecule has 142 valence electrons. The van der Waals surface area contributed by atoms with E-state index in [2.05, 4.69) is 44.5 Å². The fraction of sp³-hybridized carbons (Fsp3) is 0.333. The number of carbonyl (C=O) groups excluding carboxylic acids is 1. The van der Waals surface area contributed by atoms with Crippen LogP contribution in [-0.2, 0) is 16.1 Å². The van der Waals surface area contributed by atoms with Gasteiger partial charge in [-0.2, -0.15) is 0 Å². The average molecular weight is 367 g/mol. The molecule has 0 bridgehead atoms. The van der Waals surface area contributed by atoms with Gasteiger partial charge in [-0.05, 0) is 23.3 Å². The van der Waals surface area contributed by atoms with Crippen LogP contribution in [0.25, 0.3) is 0 Å². The number of carbonyl (C=O) groups is 1. The number of ether oxygens (including phenoxy) is 1. The molecule has 2 aromatic carbocycles. The number of morpholine rings is 1. The Morgan fingerprint density at radius 3 is 2.78 bits per heavy atom. The zero-order chi connectivity index (χ0) is 18.9. The number of nitrogens with one attached hydrogen (secondary N) is 1. The molecule has 1 atom stereocenters. The SMILES string of the molecule is CO/N=C/c1ccc(C(=O)NCC2CN(Cc3ccccc3)CCO2)cc1. The maximum absolute atomic E-state index is 12.3. The Labute approximate surface area is 159 Å². The first kappa shape index (κ1) is 19.1. The fourth-order valence-corrected chi connectivity index (χ4v) is 3.03. The highest BCUT2D eigenvalue weighted by atomic mass is 16.6. The molecule has 0 radical (unpaired) electrons. The molecule has 1 heterocycles. The van der Waals surface area contributed by atoms with Crippen molar-refractivity contribution in [1.29, 1.82) is 0 Å². The molecule has 3 rings (SSSR count). The molecule has 1 fully saturated rings. The van der Waals surface area contributed by atoms with E-state index in [-0.39, 0.29) is 12.0 Å². The van der Waals surface area contributed by atoms with E-state index in [0.29, 0.717) is 18.7 Å². The number of benzene rings is 2. The highest BCUT2D eigenvalue weighted by molar-refractivity contribution is 5.95. The van der Waals surface area contributed by atoms with E-state index < -0.39 is 0 Å². The van der Waals surface area contributed by atoms with Gasteiger partial charge in [0, 0.05) is 31.7 Å². The van der Waals surface area contributed by atoms with Gasteiger partial charge in [-0.25, -0.2) is 0 Å². The van der Waals surface area contributed by atoms with E-state index in [1.807, 2.05) is 18.2 Å². The van der Waals surface area contributed by atoms with Crippen LogP contribution in [0.1, 0.15) is 21.5 Å². The molecule has 0 spiro atoms. The van der Waals surface area contributed by atoms with Crippen LogP contribution in [0.3, 0.4) is 0 Å². The summed E-state index contributed by atoms with van der Waals surface area (Å²) < 4.78 is 5.81. The van der Waals surface area contributed by atoms with Crippen molar-refractivity contribution in [2.45, 2.75) is 12.6 Å². The maximum atomic E-state index is 12.3. The van der Waals surface area contributed by atoms with Crippen molar-refractivity contribution in [3.05, 3.63) is 71.3 Å². The molecule has 0 aromatic heterocycles. The molecular weight excluding hydrogens is 342 g/mol. The number of rotatable bonds is 7. The van der Waals surface area contributed by atoms with E-state index >= 15 is 0 Å². The number of hydrogen-bond acceptors (Lipinski definition) is 5. The van der Waals surface area contributed by atoms with Gasteiger partial charge in [-0.15, -0.1) is 0 Å². The lowest BCUT2D eigenvalue weighted by molar-refractivity contribution is -0.0292. The van der Waals surface area contributed by atoms with Crippen LogP contribution in [0.5, 0.6) is 0 Å². The summed E-state index contributed by atoms with van der Waals surface area (Å²) in [6.07, 6.45) is 1.60. The first-order valence-electron chi connectivity index (χ1n) is 9.07. The van der Waals surface area contributed by atoms with Gasteiger partial charge in [0.25, 0.3) is 5.91 Å². The summed E-state index contributed by atoms with van der Waals surface area (Å²) >= 11 is 0. The topological polar surface area (TPSA) is 63.2 Å². The largest absolute Gasteiger partial charge is 0.399 e. The van der Waals surface area contributed by atoms with Gasteiger partial charge in [-0.1, -0.05) is 47.6 Å². The fourth-order valence-electron chi connectivity index (χ4n) is 3.03. The summed E-state index contributed by atoms with van der Waals surface area (Å²) in [4.78, 5) is 19.4. The molecule has 27 heavy (non-hydrogen) atoms. The van der Waals surface area contributed by atoms with Gasteiger partial charge < -0.3 is 14.9 Å². The lowest BCUT2D eigenvalue weighted by Crippen LogP contribution is -2.47. The zero-order valence-electron chi connectivity index (χ0n) is 15.5. The Hall–Kier alpha value is -2.70. The molecular formula is C21H25N3O3. The second-order valence-corrected chi connectivity index (χ2v) is 6.46. The van der Waals surface area contributed by atoms with Crippen molar-refractivity contribution in [3.8, 4) is 0 Å². The van der Waals surface area contributed by atoms with E-state index in [1.165, 1.54) is 12.7 Å². The van der Waals surface area contributed by atoms with E-state index in [1.54, 1.807) is 18.3 Å². The Morgan fingerprint density at radius 2 is 2.04 bits per heavy atom. The summed E-state index contributed by atoms with van der Waals surface area (Å²) in [6.45, 7) is 3.79. The van der Waals surface area contributed by atoms with Crippen molar-refractivity contribution in [3.63, 3.8) is 0 Å². The number of amides is 1. The summed E-state index contributed by atoms with van der Waals surface area (Å²) in [5.74, 6) is -0.103. The highest BCUT2D eigenvalue weighted by Gasteiger charge is 2.21. The third-order valence-corrected chi connectivity index (χ3v) is 4.44. The van der Waals surface area contributed by atoms with Gasteiger partial charge in [0.05, 0.1) is 18.9 Å². The van der Waals surface area contributed by atoms with E-state index in [4.69, 9.17) is 4.74 Å². The Balaban J connectivity index is 1.47. The Bertz CT molecular complexity index is 747. The lowest BCUT2D eigenvalue weighted by Gasteiger charge is -2.33. The first-order valence-corrected chi connectivity index (χ1v) is 9.07. The van der Waals surface area contributed by atoms with E-state index in [0.717, 1.165) is 25.2 Å². The summed E-state index contributed by atoms with van der Waals surface area (Å²) in [5, 5.41) is 6.67.